The Kier molecular flexibility index (Phi) is 8.65. The van der Waals surface area contributed by atoms with Gasteiger partial charge in [-0.3, -0.25) is 8.37 Å². The third kappa shape index (κ3) is 15.7. The summed E-state index contributed by atoms with van der Waals surface area (Å²) in [7, 11) is -6.86. The van der Waals surface area contributed by atoms with Gasteiger partial charge >= 0.3 is 0 Å². The molecule has 0 bridgehead atoms. The summed E-state index contributed by atoms with van der Waals surface area (Å²) in [5.41, 5.74) is 0. The Bertz CT molecular complexity index is 359. The van der Waals surface area contributed by atoms with Crippen LogP contribution in [0.1, 0.15) is 0 Å². The fourth-order valence-corrected chi connectivity index (χ4v) is 1.55. The molecule has 0 radical (unpaired) electrons. The van der Waals surface area contributed by atoms with Crippen molar-refractivity contribution in [2.75, 3.05) is 52.2 Å². The van der Waals surface area contributed by atoms with E-state index in [-0.39, 0.29) is 39.6 Å². The Morgan fingerprint density at radius 3 is 1.17 bits per heavy atom. The molecule has 0 fully saturated rings. The van der Waals surface area contributed by atoms with E-state index >= 15 is 0 Å². The minimum Gasteiger partial charge on any atom is -0.377 e. The van der Waals surface area contributed by atoms with Crippen molar-refractivity contribution in [1.82, 2.24) is 0 Å². The first-order chi connectivity index (χ1) is 8.21. The smallest absolute Gasteiger partial charge is 0.264 e. The van der Waals surface area contributed by atoms with Crippen LogP contribution < -0.4 is 0 Å². The summed E-state index contributed by atoms with van der Waals surface area (Å²) in [6.07, 6.45) is 1.91. The highest BCUT2D eigenvalue weighted by atomic mass is 32.2. The molecule has 0 heterocycles. The normalized spacial score (nSPS) is 12.8. The van der Waals surface area contributed by atoms with Crippen molar-refractivity contribution in [3.8, 4) is 0 Å². The molecule has 0 aliphatic rings. The molecule has 0 amide bonds. The lowest BCUT2D eigenvalue weighted by Crippen LogP contribution is -2.14. The van der Waals surface area contributed by atoms with E-state index in [0.717, 1.165) is 12.5 Å². The maximum absolute atomic E-state index is 10.6. The summed E-state index contributed by atoms with van der Waals surface area (Å²) in [6.45, 7) is 0.691. The lowest BCUT2D eigenvalue weighted by molar-refractivity contribution is 0.0287. The molecule has 10 heteroatoms. The highest BCUT2D eigenvalue weighted by Crippen LogP contribution is 1.88. The standard InChI is InChI=1S/C8H18O8S2/c1-17(9,10)15-7-5-13-3-4-14-6-8-16-18(2,11)12/h3-8H2,1-2H3. The molecule has 0 aliphatic carbocycles. The molecular weight excluding hydrogens is 288 g/mol. The summed E-state index contributed by atoms with van der Waals surface area (Å²) in [4.78, 5) is 0. The first-order valence-corrected chi connectivity index (χ1v) is 8.68. The summed E-state index contributed by atoms with van der Waals surface area (Å²) < 4.78 is 61.1. The van der Waals surface area contributed by atoms with Crippen LogP contribution in [0.25, 0.3) is 0 Å². The maximum atomic E-state index is 10.6. The lowest BCUT2D eigenvalue weighted by atomic mass is 10.7. The summed E-state index contributed by atoms with van der Waals surface area (Å²) in [6, 6.07) is 0. The van der Waals surface area contributed by atoms with Crippen LogP contribution in [0.4, 0.5) is 0 Å². The zero-order valence-corrected chi connectivity index (χ0v) is 12.0. The topological polar surface area (TPSA) is 105 Å². The van der Waals surface area contributed by atoms with Crippen LogP contribution in [0.15, 0.2) is 0 Å². The van der Waals surface area contributed by atoms with Crippen molar-refractivity contribution >= 4 is 20.2 Å². The molecule has 0 atom stereocenters. The Morgan fingerprint density at radius 2 is 0.889 bits per heavy atom. The van der Waals surface area contributed by atoms with Gasteiger partial charge in [-0.15, -0.1) is 0 Å². The number of ether oxygens (including phenoxy) is 2. The molecule has 0 aromatic heterocycles. The quantitative estimate of drug-likeness (QED) is 0.352. The van der Waals surface area contributed by atoms with Crippen molar-refractivity contribution in [3.05, 3.63) is 0 Å². The van der Waals surface area contributed by atoms with Gasteiger partial charge in [0.1, 0.15) is 0 Å². The van der Waals surface area contributed by atoms with Crippen LogP contribution in [-0.2, 0) is 38.1 Å². The van der Waals surface area contributed by atoms with Gasteiger partial charge < -0.3 is 9.47 Å². The van der Waals surface area contributed by atoms with Gasteiger partial charge in [-0.05, 0) is 0 Å². The Labute approximate surface area is 107 Å². The van der Waals surface area contributed by atoms with E-state index < -0.39 is 20.2 Å². The first kappa shape index (κ1) is 17.7. The fourth-order valence-electron chi connectivity index (χ4n) is 0.811. The summed E-state index contributed by atoms with van der Waals surface area (Å²) >= 11 is 0. The van der Waals surface area contributed by atoms with Gasteiger partial charge in [-0.1, -0.05) is 0 Å². The van der Waals surface area contributed by atoms with Gasteiger partial charge in [0.05, 0.1) is 52.2 Å². The molecule has 0 N–H and O–H groups in total. The minimum absolute atomic E-state index is 0.0456. The van der Waals surface area contributed by atoms with Gasteiger partial charge in [-0.2, -0.15) is 16.8 Å². The number of rotatable bonds is 11. The maximum Gasteiger partial charge on any atom is 0.264 e. The van der Waals surface area contributed by atoms with Crippen LogP contribution in [0.5, 0.6) is 0 Å². The fraction of sp³-hybridized carbons (Fsp3) is 1.00. The van der Waals surface area contributed by atoms with Crippen LogP contribution in [0.2, 0.25) is 0 Å². The lowest BCUT2D eigenvalue weighted by Gasteiger charge is -2.05. The molecule has 0 spiro atoms. The molecule has 0 saturated carbocycles. The first-order valence-electron chi connectivity index (χ1n) is 5.05. The van der Waals surface area contributed by atoms with Crippen LogP contribution in [0.3, 0.4) is 0 Å². The molecule has 0 saturated heterocycles. The highest BCUT2D eigenvalue weighted by molar-refractivity contribution is 7.86. The molecule has 0 aromatic carbocycles. The van der Waals surface area contributed by atoms with Crippen LogP contribution in [-0.4, -0.2) is 69.0 Å². The molecule has 8 nitrogen and oxygen atoms in total. The van der Waals surface area contributed by atoms with Crippen molar-refractivity contribution < 1.29 is 34.7 Å². The van der Waals surface area contributed by atoms with E-state index in [2.05, 4.69) is 8.37 Å². The van der Waals surface area contributed by atoms with Crippen molar-refractivity contribution in [3.63, 3.8) is 0 Å². The van der Waals surface area contributed by atoms with Crippen LogP contribution in [0, 0.1) is 0 Å². The van der Waals surface area contributed by atoms with E-state index in [1.165, 1.54) is 0 Å². The zero-order valence-electron chi connectivity index (χ0n) is 10.3. The summed E-state index contributed by atoms with van der Waals surface area (Å²) in [5.74, 6) is 0. The SMILES string of the molecule is CS(=O)(=O)OCCOCCOCCOS(C)(=O)=O. The van der Waals surface area contributed by atoms with Crippen molar-refractivity contribution in [2.45, 2.75) is 0 Å². The second-order valence-electron chi connectivity index (χ2n) is 3.28. The van der Waals surface area contributed by atoms with E-state index in [9.17, 15) is 16.8 Å². The molecule has 0 rings (SSSR count). The molecule has 0 aliphatic heterocycles. The predicted octanol–water partition coefficient (Wildman–Crippen LogP) is -1.03. The van der Waals surface area contributed by atoms with Gasteiger partial charge in [0.25, 0.3) is 20.2 Å². The Hall–Kier alpha value is -0.260. The van der Waals surface area contributed by atoms with Gasteiger partial charge in [0, 0.05) is 0 Å². The van der Waals surface area contributed by atoms with Gasteiger partial charge in [0.15, 0.2) is 0 Å². The van der Waals surface area contributed by atoms with Gasteiger partial charge in [0.2, 0.25) is 0 Å². The molecule has 18 heavy (non-hydrogen) atoms. The predicted molar refractivity (Wildman–Crippen MR) is 63.2 cm³/mol. The van der Waals surface area contributed by atoms with Crippen molar-refractivity contribution in [1.29, 1.82) is 0 Å². The average Bonchev–Trinajstić information content (AvgIpc) is 2.17. The van der Waals surface area contributed by atoms with Crippen LogP contribution >= 0.6 is 0 Å². The van der Waals surface area contributed by atoms with E-state index in [1.54, 1.807) is 0 Å². The molecule has 110 valence electrons. The van der Waals surface area contributed by atoms with E-state index in [4.69, 9.17) is 9.47 Å². The third-order valence-electron chi connectivity index (χ3n) is 1.42. The Morgan fingerprint density at radius 1 is 0.611 bits per heavy atom. The van der Waals surface area contributed by atoms with Gasteiger partial charge in [-0.25, -0.2) is 0 Å². The van der Waals surface area contributed by atoms with E-state index in [1.807, 2.05) is 0 Å². The molecule has 0 aromatic rings. The Balaban J connectivity index is 3.22. The molecule has 0 unspecified atom stereocenters. The number of hydrogen-bond acceptors (Lipinski definition) is 8. The largest absolute Gasteiger partial charge is 0.377 e. The summed E-state index contributed by atoms with van der Waals surface area (Å²) in [5, 5.41) is 0. The zero-order chi connectivity index (χ0) is 14.1. The highest BCUT2D eigenvalue weighted by Gasteiger charge is 2.01. The second-order valence-corrected chi connectivity index (χ2v) is 6.56. The second kappa shape index (κ2) is 8.77. The minimum atomic E-state index is -3.43. The third-order valence-corrected chi connectivity index (χ3v) is 2.61. The average molecular weight is 306 g/mol. The van der Waals surface area contributed by atoms with Crippen molar-refractivity contribution in [2.24, 2.45) is 0 Å². The number of hydrogen-bond donors (Lipinski definition) is 0. The molecular formula is C8H18O8S2. The monoisotopic (exact) mass is 306 g/mol. The van der Waals surface area contributed by atoms with E-state index in [0.29, 0.717) is 0 Å².